The number of ether oxygens (including phenoxy) is 1. The van der Waals surface area contributed by atoms with E-state index in [4.69, 9.17) is 0 Å². The quantitative estimate of drug-likeness (QED) is 0.624. The maximum absolute atomic E-state index is 11.8. The zero-order valence-corrected chi connectivity index (χ0v) is 12.9. The predicted molar refractivity (Wildman–Crippen MR) is 84.5 cm³/mol. The number of esters is 1. The van der Waals surface area contributed by atoms with Gasteiger partial charge in [0.15, 0.2) is 0 Å². The third-order valence-corrected chi connectivity index (χ3v) is 2.84. The van der Waals surface area contributed by atoms with E-state index in [9.17, 15) is 14.4 Å². The molecule has 0 bridgehead atoms. The number of hydrogen-bond donors (Lipinski definition) is 2. The molecule has 0 unspecified atom stereocenters. The summed E-state index contributed by atoms with van der Waals surface area (Å²) in [4.78, 5) is 34.4. The minimum Gasteiger partial charge on any atom is -0.463 e. The van der Waals surface area contributed by atoms with E-state index in [1.807, 2.05) is 0 Å². The van der Waals surface area contributed by atoms with E-state index in [-0.39, 0.29) is 12.5 Å². The van der Waals surface area contributed by atoms with Crippen LogP contribution in [-0.4, -0.2) is 24.4 Å². The average Bonchev–Trinajstić information content (AvgIpc) is 2.49. The number of benzene rings is 1. The Morgan fingerprint density at radius 1 is 1.09 bits per heavy atom. The van der Waals surface area contributed by atoms with Crippen molar-refractivity contribution in [2.24, 2.45) is 0 Å². The Morgan fingerprint density at radius 3 is 2.32 bits per heavy atom. The highest BCUT2D eigenvalue weighted by atomic mass is 16.5. The summed E-state index contributed by atoms with van der Waals surface area (Å²) < 4.78 is 4.69. The second kappa shape index (κ2) is 8.61. The van der Waals surface area contributed by atoms with E-state index in [2.05, 4.69) is 15.4 Å². The standard InChI is InChI=1S/C16H20N2O4/c1-4-14(19)17-12-7-6-8-13(11(12)3)18-15(20)9-10-16(21)22-5-2/h6-10H,4-5H2,1-3H3,(H,17,19)(H,18,20)/b10-9+. The Balaban J connectivity index is 2.77. The normalized spacial score (nSPS) is 10.3. The molecule has 0 heterocycles. The Bertz CT molecular complexity index is 594. The van der Waals surface area contributed by atoms with Crippen molar-refractivity contribution in [3.8, 4) is 0 Å². The molecule has 2 amide bonds. The van der Waals surface area contributed by atoms with Crippen LogP contribution in [0.3, 0.4) is 0 Å². The van der Waals surface area contributed by atoms with Gasteiger partial charge in [0.1, 0.15) is 0 Å². The van der Waals surface area contributed by atoms with Crippen LogP contribution >= 0.6 is 0 Å². The fourth-order valence-corrected chi connectivity index (χ4v) is 1.65. The van der Waals surface area contributed by atoms with Gasteiger partial charge in [0, 0.05) is 29.9 Å². The van der Waals surface area contributed by atoms with Gasteiger partial charge in [-0.3, -0.25) is 9.59 Å². The van der Waals surface area contributed by atoms with Crippen molar-refractivity contribution < 1.29 is 19.1 Å². The lowest BCUT2D eigenvalue weighted by molar-refractivity contribution is -0.137. The molecule has 2 N–H and O–H groups in total. The van der Waals surface area contributed by atoms with Gasteiger partial charge in [-0.1, -0.05) is 13.0 Å². The van der Waals surface area contributed by atoms with Gasteiger partial charge in [0.2, 0.25) is 11.8 Å². The molecule has 0 radical (unpaired) electrons. The number of carbonyl (C=O) groups is 3. The fraction of sp³-hybridized carbons (Fsp3) is 0.312. The van der Waals surface area contributed by atoms with Crippen LogP contribution < -0.4 is 10.6 Å². The Labute approximate surface area is 129 Å². The first kappa shape index (κ1) is 17.4. The molecular formula is C16H20N2O4. The summed E-state index contributed by atoms with van der Waals surface area (Å²) >= 11 is 0. The number of amides is 2. The highest BCUT2D eigenvalue weighted by molar-refractivity contribution is 6.03. The van der Waals surface area contributed by atoms with Gasteiger partial charge < -0.3 is 15.4 Å². The van der Waals surface area contributed by atoms with Gasteiger partial charge in [-0.15, -0.1) is 0 Å². The van der Waals surface area contributed by atoms with Crippen LogP contribution in [0.2, 0.25) is 0 Å². The maximum atomic E-state index is 11.8. The first-order valence-electron chi connectivity index (χ1n) is 7.03. The third-order valence-electron chi connectivity index (χ3n) is 2.84. The highest BCUT2D eigenvalue weighted by Crippen LogP contribution is 2.23. The van der Waals surface area contributed by atoms with Crippen LogP contribution in [0.1, 0.15) is 25.8 Å². The van der Waals surface area contributed by atoms with Crippen molar-refractivity contribution in [2.45, 2.75) is 27.2 Å². The van der Waals surface area contributed by atoms with Crippen molar-refractivity contribution in [3.63, 3.8) is 0 Å². The smallest absolute Gasteiger partial charge is 0.330 e. The van der Waals surface area contributed by atoms with E-state index in [0.29, 0.717) is 17.8 Å². The summed E-state index contributed by atoms with van der Waals surface area (Å²) in [6.45, 7) is 5.49. The average molecular weight is 304 g/mol. The van der Waals surface area contributed by atoms with Gasteiger partial charge in [-0.2, -0.15) is 0 Å². The molecule has 6 heteroatoms. The highest BCUT2D eigenvalue weighted by Gasteiger charge is 2.08. The van der Waals surface area contributed by atoms with Crippen LogP contribution in [0.5, 0.6) is 0 Å². The zero-order valence-electron chi connectivity index (χ0n) is 12.9. The minimum absolute atomic E-state index is 0.103. The summed E-state index contributed by atoms with van der Waals surface area (Å²) in [7, 11) is 0. The number of carbonyl (C=O) groups excluding carboxylic acids is 3. The van der Waals surface area contributed by atoms with Gasteiger partial charge in [0.05, 0.1) is 6.61 Å². The molecule has 1 aromatic carbocycles. The summed E-state index contributed by atoms with van der Waals surface area (Å²) in [6.07, 6.45) is 2.55. The number of nitrogens with one attached hydrogen (secondary N) is 2. The lowest BCUT2D eigenvalue weighted by atomic mass is 10.1. The molecule has 118 valence electrons. The number of anilines is 2. The Hall–Kier alpha value is -2.63. The molecule has 6 nitrogen and oxygen atoms in total. The molecule has 0 fully saturated rings. The Kier molecular flexibility index (Phi) is 6.82. The molecule has 22 heavy (non-hydrogen) atoms. The summed E-state index contributed by atoms with van der Waals surface area (Å²) in [5.41, 5.74) is 1.94. The largest absolute Gasteiger partial charge is 0.463 e. The van der Waals surface area contributed by atoms with E-state index < -0.39 is 11.9 Å². The molecule has 0 atom stereocenters. The van der Waals surface area contributed by atoms with Gasteiger partial charge in [0.25, 0.3) is 0 Å². The van der Waals surface area contributed by atoms with Crippen molar-refractivity contribution in [1.29, 1.82) is 0 Å². The van der Waals surface area contributed by atoms with Crippen molar-refractivity contribution in [2.75, 3.05) is 17.2 Å². The molecule has 1 aromatic rings. The van der Waals surface area contributed by atoms with Crippen molar-refractivity contribution >= 4 is 29.2 Å². The molecule has 0 aliphatic heterocycles. The molecule has 1 rings (SSSR count). The van der Waals surface area contributed by atoms with Gasteiger partial charge >= 0.3 is 5.97 Å². The topological polar surface area (TPSA) is 84.5 Å². The molecule has 0 aliphatic rings. The van der Waals surface area contributed by atoms with Crippen LogP contribution in [0.25, 0.3) is 0 Å². The summed E-state index contributed by atoms with van der Waals surface area (Å²) in [5.74, 6) is -1.12. The second-order valence-electron chi connectivity index (χ2n) is 4.45. The van der Waals surface area contributed by atoms with Crippen LogP contribution in [0.4, 0.5) is 11.4 Å². The molecule has 0 saturated carbocycles. The van der Waals surface area contributed by atoms with Gasteiger partial charge in [-0.25, -0.2) is 4.79 Å². The second-order valence-corrected chi connectivity index (χ2v) is 4.45. The molecule has 0 spiro atoms. The van der Waals surface area contributed by atoms with Crippen LogP contribution in [0, 0.1) is 6.92 Å². The van der Waals surface area contributed by atoms with E-state index in [1.165, 1.54) is 0 Å². The fourth-order valence-electron chi connectivity index (χ4n) is 1.65. The van der Waals surface area contributed by atoms with Crippen molar-refractivity contribution in [1.82, 2.24) is 0 Å². The lowest BCUT2D eigenvalue weighted by Gasteiger charge is -2.12. The van der Waals surface area contributed by atoms with Gasteiger partial charge in [-0.05, 0) is 31.5 Å². The minimum atomic E-state index is -0.571. The molecule has 0 aromatic heterocycles. The van der Waals surface area contributed by atoms with Crippen LogP contribution in [0.15, 0.2) is 30.4 Å². The SMILES string of the molecule is CCOC(=O)/C=C/C(=O)Nc1cccc(NC(=O)CC)c1C. The summed E-state index contributed by atoms with van der Waals surface area (Å²) in [6, 6.07) is 5.20. The van der Waals surface area contributed by atoms with Crippen LogP contribution in [-0.2, 0) is 19.1 Å². The Morgan fingerprint density at radius 2 is 1.73 bits per heavy atom. The number of rotatable bonds is 6. The predicted octanol–water partition coefficient (Wildman–Crippen LogP) is 2.40. The monoisotopic (exact) mass is 304 g/mol. The number of hydrogen-bond acceptors (Lipinski definition) is 4. The third kappa shape index (κ3) is 5.40. The molecule has 0 aliphatic carbocycles. The van der Waals surface area contributed by atoms with E-state index >= 15 is 0 Å². The molecule has 0 saturated heterocycles. The lowest BCUT2D eigenvalue weighted by Crippen LogP contribution is -2.13. The van der Waals surface area contributed by atoms with E-state index in [1.54, 1.807) is 39.0 Å². The first-order chi connectivity index (χ1) is 10.5. The first-order valence-corrected chi connectivity index (χ1v) is 7.03. The maximum Gasteiger partial charge on any atom is 0.330 e. The van der Waals surface area contributed by atoms with Crippen molar-refractivity contribution in [3.05, 3.63) is 35.9 Å². The van der Waals surface area contributed by atoms with E-state index in [0.717, 1.165) is 17.7 Å². The molecular weight excluding hydrogens is 284 g/mol. The zero-order chi connectivity index (χ0) is 16.5. The summed E-state index contributed by atoms with van der Waals surface area (Å²) in [5, 5.41) is 5.41.